The zero-order valence-electron chi connectivity index (χ0n) is 5.32. The predicted octanol–water partition coefficient (Wildman–Crippen LogP) is -2.28. The second kappa shape index (κ2) is 4.99. The Morgan fingerprint density at radius 2 is 2.25 bits per heavy atom. The molecule has 0 heterocycles. The van der Waals surface area contributed by atoms with Gasteiger partial charge in [-0.05, 0) is 7.05 Å². The number of quaternary nitrogens is 1. The normalized spacial score (nSPS) is 13.9. The van der Waals surface area contributed by atoms with Crippen LogP contribution in [0.25, 0.3) is 0 Å². The minimum atomic E-state index is 0.216. The van der Waals surface area contributed by atoms with Crippen LogP contribution in [0.15, 0.2) is 0 Å². The van der Waals surface area contributed by atoms with Gasteiger partial charge in [0, 0.05) is 0 Å². The zero-order valence-corrected chi connectivity index (χ0v) is 5.32. The van der Waals surface area contributed by atoms with Gasteiger partial charge >= 0.3 is 0 Å². The molecule has 0 fully saturated rings. The van der Waals surface area contributed by atoms with Gasteiger partial charge in [-0.1, -0.05) is 0 Å². The van der Waals surface area contributed by atoms with E-state index in [0.717, 1.165) is 0 Å². The van der Waals surface area contributed by atoms with Crippen LogP contribution in [-0.4, -0.2) is 27.2 Å². The molecule has 4 nitrogen and oxygen atoms in total. The highest BCUT2D eigenvalue weighted by molar-refractivity contribution is 4.31. The lowest BCUT2D eigenvalue weighted by Gasteiger charge is -2.15. The molecule has 0 saturated carbocycles. The summed E-state index contributed by atoms with van der Waals surface area (Å²) in [7, 11) is 3.36. The van der Waals surface area contributed by atoms with Gasteiger partial charge in [0.1, 0.15) is 0 Å². The van der Waals surface area contributed by atoms with Gasteiger partial charge in [-0.3, -0.25) is 10.9 Å². The molecule has 0 saturated heterocycles. The topological polar surface area (TPSA) is 51.6 Å². The third-order valence-electron chi connectivity index (χ3n) is 0.779. The Kier molecular flexibility index (Phi) is 4.89. The molecule has 0 bridgehead atoms. The number of hydrogen-bond donors (Lipinski definition) is 3. The van der Waals surface area contributed by atoms with Crippen LogP contribution in [0.5, 0.6) is 0 Å². The molecular weight excluding hydrogens is 106 g/mol. The molecule has 0 aliphatic heterocycles. The van der Waals surface area contributed by atoms with Crippen molar-refractivity contribution in [3.63, 3.8) is 0 Å². The van der Waals surface area contributed by atoms with Gasteiger partial charge in [-0.2, -0.15) is 0 Å². The molecule has 0 aromatic heterocycles. The van der Waals surface area contributed by atoms with E-state index in [-0.39, 0.29) is 5.06 Å². The van der Waals surface area contributed by atoms with E-state index in [2.05, 4.69) is 10.9 Å². The molecule has 0 rings (SSSR count). The fourth-order valence-corrected chi connectivity index (χ4v) is 0.364. The van der Waals surface area contributed by atoms with Crippen LogP contribution in [0.1, 0.15) is 0 Å². The van der Waals surface area contributed by atoms with Crippen LogP contribution in [-0.2, 0) is 0 Å². The van der Waals surface area contributed by atoms with Gasteiger partial charge in [0.2, 0.25) is 0 Å². The fraction of sp³-hybridized carbons (Fsp3) is 1.00. The van der Waals surface area contributed by atoms with Gasteiger partial charge < -0.3 is 10.3 Å². The Labute approximate surface area is 49.4 Å². The third kappa shape index (κ3) is 5.84. The first-order valence-electron chi connectivity index (χ1n) is 2.66. The largest absolute Gasteiger partial charge is 0.634 e. The molecule has 4 heteroatoms. The van der Waals surface area contributed by atoms with Gasteiger partial charge in [0.25, 0.3) is 0 Å². The summed E-state index contributed by atoms with van der Waals surface area (Å²) in [4.78, 5) is 0. The summed E-state index contributed by atoms with van der Waals surface area (Å²) in [6.45, 7) is 1.31. The van der Waals surface area contributed by atoms with Crippen molar-refractivity contribution >= 4 is 0 Å². The molecule has 1 unspecified atom stereocenters. The fourth-order valence-electron chi connectivity index (χ4n) is 0.364. The molecule has 0 aromatic carbocycles. The summed E-state index contributed by atoms with van der Waals surface area (Å²) in [5, 5.41) is 10.5. The van der Waals surface area contributed by atoms with E-state index in [0.29, 0.717) is 13.1 Å². The maximum absolute atomic E-state index is 10.3. The van der Waals surface area contributed by atoms with Crippen molar-refractivity contribution in [3.05, 3.63) is 5.21 Å². The molecule has 0 radical (unpaired) electrons. The Hall–Kier alpha value is -0.160. The average Bonchev–Trinajstić information content (AvgIpc) is 1.66. The third-order valence-corrected chi connectivity index (χ3v) is 0.779. The van der Waals surface area contributed by atoms with E-state index in [9.17, 15) is 5.21 Å². The summed E-state index contributed by atoms with van der Waals surface area (Å²) < 4.78 is 0. The lowest BCUT2D eigenvalue weighted by atomic mass is 10.6. The first-order valence-corrected chi connectivity index (χ1v) is 2.66. The molecule has 0 aliphatic rings. The van der Waals surface area contributed by atoms with Crippen molar-refractivity contribution < 1.29 is 5.06 Å². The molecule has 1 atom stereocenters. The SMILES string of the molecule is CNNCC[NH+](C)[O-]. The van der Waals surface area contributed by atoms with Crippen LogP contribution in [0, 0.1) is 5.21 Å². The number of likely N-dealkylation sites (N-methyl/N-ethyl adjacent to an activating group) is 1. The summed E-state index contributed by atoms with van der Waals surface area (Å²) in [5.74, 6) is 0. The number of hydrazine groups is 1. The van der Waals surface area contributed by atoms with Crippen LogP contribution in [0.4, 0.5) is 0 Å². The zero-order chi connectivity index (χ0) is 6.41. The Bertz CT molecular complexity index is 48.5. The van der Waals surface area contributed by atoms with Crippen LogP contribution < -0.4 is 15.9 Å². The summed E-state index contributed by atoms with van der Waals surface area (Å²) in [5.41, 5.74) is 5.53. The van der Waals surface area contributed by atoms with E-state index in [1.807, 2.05) is 0 Å². The number of hydroxylamine groups is 2. The maximum atomic E-state index is 10.3. The minimum Gasteiger partial charge on any atom is -0.634 e. The van der Waals surface area contributed by atoms with Gasteiger partial charge in [0.05, 0.1) is 20.1 Å². The quantitative estimate of drug-likeness (QED) is 0.289. The van der Waals surface area contributed by atoms with Crippen molar-refractivity contribution in [2.45, 2.75) is 0 Å². The standard InChI is InChI=1S/C4H13N3O/c1-5-6-3-4-7(2)8/h5-7H,3-4H2,1-2H3. The van der Waals surface area contributed by atoms with E-state index >= 15 is 0 Å². The highest BCUT2D eigenvalue weighted by Gasteiger charge is 1.83. The van der Waals surface area contributed by atoms with Crippen molar-refractivity contribution in [1.29, 1.82) is 0 Å². The highest BCUT2D eigenvalue weighted by atomic mass is 16.5. The van der Waals surface area contributed by atoms with E-state index in [1.165, 1.54) is 0 Å². The van der Waals surface area contributed by atoms with Crippen LogP contribution in [0.3, 0.4) is 0 Å². The molecular formula is C4H13N3O. The number of nitrogens with one attached hydrogen (secondary N) is 3. The lowest BCUT2D eigenvalue weighted by Crippen LogP contribution is -3.04. The van der Waals surface area contributed by atoms with Gasteiger partial charge in [0.15, 0.2) is 0 Å². The van der Waals surface area contributed by atoms with Crippen LogP contribution >= 0.6 is 0 Å². The molecule has 0 spiro atoms. The minimum absolute atomic E-state index is 0.216. The summed E-state index contributed by atoms with van der Waals surface area (Å²) in [6, 6.07) is 0. The first kappa shape index (κ1) is 7.84. The van der Waals surface area contributed by atoms with Crippen LogP contribution in [0.2, 0.25) is 0 Å². The Morgan fingerprint density at radius 1 is 1.62 bits per heavy atom. The van der Waals surface area contributed by atoms with E-state index in [4.69, 9.17) is 0 Å². The van der Waals surface area contributed by atoms with E-state index in [1.54, 1.807) is 14.1 Å². The first-order chi connectivity index (χ1) is 3.77. The Morgan fingerprint density at radius 3 is 2.62 bits per heavy atom. The molecule has 50 valence electrons. The van der Waals surface area contributed by atoms with E-state index < -0.39 is 0 Å². The summed E-state index contributed by atoms with van der Waals surface area (Å²) in [6.07, 6.45) is 0. The molecule has 3 N–H and O–H groups in total. The molecule has 0 aromatic rings. The number of hydrogen-bond acceptors (Lipinski definition) is 3. The molecule has 0 amide bonds. The highest BCUT2D eigenvalue weighted by Crippen LogP contribution is 1.40. The van der Waals surface area contributed by atoms with Crippen molar-refractivity contribution in [3.8, 4) is 0 Å². The Balaban J connectivity index is 2.72. The van der Waals surface area contributed by atoms with Gasteiger partial charge in [-0.25, -0.2) is 0 Å². The monoisotopic (exact) mass is 119 g/mol. The maximum Gasteiger partial charge on any atom is 0.0907 e. The summed E-state index contributed by atoms with van der Waals surface area (Å²) >= 11 is 0. The molecule has 0 aliphatic carbocycles. The smallest absolute Gasteiger partial charge is 0.0907 e. The lowest BCUT2D eigenvalue weighted by molar-refractivity contribution is -0.824. The predicted molar refractivity (Wildman–Crippen MR) is 32.2 cm³/mol. The second-order valence-corrected chi connectivity index (χ2v) is 1.63. The average molecular weight is 119 g/mol. The molecule has 8 heavy (non-hydrogen) atoms. The van der Waals surface area contributed by atoms with Crippen molar-refractivity contribution in [1.82, 2.24) is 10.9 Å². The van der Waals surface area contributed by atoms with Gasteiger partial charge in [-0.15, -0.1) is 0 Å². The number of rotatable bonds is 4. The van der Waals surface area contributed by atoms with Crippen molar-refractivity contribution in [2.24, 2.45) is 0 Å². The second-order valence-electron chi connectivity index (χ2n) is 1.63. The van der Waals surface area contributed by atoms with Crippen molar-refractivity contribution in [2.75, 3.05) is 27.2 Å².